The summed E-state index contributed by atoms with van der Waals surface area (Å²) in [6.07, 6.45) is 0.921. The van der Waals surface area contributed by atoms with Gasteiger partial charge in [-0.15, -0.1) is 0 Å². The van der Waals surface area contributed by atoms with Crippen molar-refractivity contribution in [1.82, 2.24) is 10.6 Å². The Kier molecular flexibility index (Phi) is 5.93. The van der Waals surface area contributed by atoms with Gasteiger partial charge in [0.25, 0.3) is 0 Å². The SMILES string of the molecule is CCC(C)C(=O)[C@@H](C)NCNC. The summed E-state index contributed by atoms with van der Waals surface area (Å²) in [5.74, 6) is 0.470. The smallest absolute Gasteiger partial charge is 0.152 e. The lowest BCUT2D eigenvalue weighted by atomic mass is 9.99. The number of hydrogen-bond donors (Lipinski definition) is 2. The molecule has 0 aromatic carbocycles. The maximum absolute atomic E-state index is 11.5. The third-order valence-electron chi connectivity index (χ3n) is 2.11. The number of carbonyl (C=O) groups excluding carboxylic acids is 1. The number of rotatable bonds is 6. The summed E-state index contributed by atoms with van der Waals surface area (Å²) in [4.78, 5) is 11.5. The van der Waals surface area contributed by atoms with E-state index in [9.17, 15) is 4.79 Å². The third-order valence-corrected chi connectivity index (χ3v) is 2.11. The van der Waals surface area contributed by atoms with Crippen molar-refractivity contribution in [2.75, 3.05) is 13.7 Å². The molecule has 0 bridgehead atoms. The molecule has 12 heavy (non-hydrogen) atoms. The second-order valence-electron chi connectivity index (χ2n) is 3.17. The zero-order chi connectivity index (χ0) is 9.56. The van der Waals surface area contributed by atoms with E-state index in [2.05, 4.69) is 10.6 Å². The van der Waals surface area contributed by atoms with Crippen molar-refractivity contribution < 1.29 is 4.79 Å². The maximum Gasteiger partial charge on any atom is 0.152 e. The second kappa shape index (κ2) is 6.14. The van der Waals surface area contributed by atoms with Gasteiger partial charge in [0.1, 0.15) is 0 Å². The highest BCUT2D eigenvalue weighted by atomic mass is 16.1. The highest BCUT2D eigenvalue weighted by molar-refractivity contribution is 5.85. The monoisotopic (exact) mass is 172 g/mol. The minimum absolute atomic E-state index is 0.0348. The van der Waals surface area contributed by atoms with Crippen molar-refractivity contribution in [3.63, 3.8) is 0 Å². The van der Waals surface area contributed by atoms with Gasteiger partial charge in [0.05, 0.1) is 6.04 Å². The molecule has 2 atom stereocenters. The zero-order valence-electron chi connectivity index (χ0n) is 8.48. The summed E-state index contributed by atoms with van der Waals surface area (Å²) in [6.45, 7) is 6.60. The van der Waals surface area contributed by atoms with E-state index < -0.39 is 0 Å². The van der Waals surface area contributed by atoms with Crippen LogP contribution in [0.3, 0.4) is 0 Å². The predicted molar refractivity (Wildman–Crippen MR) is 51.0 cm³/mol. The van der Waals surface area contributed by atoms with Crippen molar-refractivity contribution in [3.05, 3.63) is 0 Å². The first kappa shape index (κ1) is 11.6. The molecule has 0 rings (SSSR count). The first-order valence-electron chi connectivity index (χ1n) is 4.55. The van der Waals surface area contributed by atoms with Crippen LogP contribution < -0.4 is 10.6 Å². The van der Waals surface area contributed by atoms with E-state index in [1.165, 1.54) is 0 Å². The van der Waals surface area contributed by atoms with Gasteiger partial charge in [-0.05, 0) is 20.4 Å². The lowest BCUT2D eigenvalue weighted by Gasteiger charge is -2.15. The molecule has 0 aliphatic heterocycles. The number of nitrogens with one attached hydrogen (secondary N) is 2. The average Bonchev–Trinajstić information content (AvgIpc) is 2.11. The topological polar surface area (TPSA) is 41.1 Å². The Hall–Kier alpha value is -0.410. The van der Waals surface area contributed by atoms with Crippen molar-refractivity contribution in [2.45, 2.75) is 33.2 Å². The Balaban J connectivity index is 3.75. The fraction of sp³-hybridized carbons (Fsp3) is 0.889. The molecule has 0 radical (unpaired) electrons. The fourth-order valence-corrected chi connectivity index (χ4v) is 0.984. The summed E-state index contributed by atoms with van der Waals surface area (Å²) in [5.41, 5.74) is 0. The molecule has 0 heterocycles. The van der Waals surface area contributed by atoms with Crippen molar-refractivity contribution >= 4 is 5.78 Å². The molecule has 2 N–H and O–H groups in total. The van der Waals surface area contributed by atoms with Crippen LogP contribution in [0, 0.1) is 5.92 Å². The first-order valence-corrected chi connectivity index (χ1v) is 4.55. The van der Waals surface area contributed by atoms with E-state index in [-0.39, 0.29) is 12.0 Å². The molecule has 1 unspecified atom stereocenters. The van der Waals surface area contributed by atoms with Crippen LogP contribution in [-0.2, 0) is 4.79 Å². The molecule has 0 aliphatic carbocycles. The normalized spacial score (nSPS) is 15.7. The molecular formula is C9H20N2O. The lowest BCUT2D eigenvalue weighted by Crippen LogP contribution is -2.41. The highest BCUT2D eigenvalue weighted by Gasteiger charge is 2.16. The van der Waals surface area contributed by atoms with E-state index >= 15 is 0 Å². The van der Waals surface area contributed by atoms with Crippen molar-refractivity contribution in [1.29, 1.82) is 0 Å². The van der Waals surface area contributed by atoms with Crippen molar-refractivity contribution in [3.8, 4) is 0 Å². The molecule has 3 heteroatoms. The molecule has 3 nitrogen and oxygen atoms in total. The Morgan fingerprint density at radius 2 is 2.00 bits per heavy atom. The minimum Gasteiger partial charge on any atom is -0.308 e. The number of carbonyl (C=O) groups is 1. The van der Waals surface area contributed by atoms with E-state index in [1.54, 1.807) is 0 Å². The van der Waals surface area contributed by atoms with Gasteiger partial charge in [0, 0.05) is 12.6 Å². The number of Topliss-reactive ketones (excluding diaryl/α,β-unsaturated/α-hetero) is 1. The van der Waals surface area contributed by atoms with Gasteiger partial charge in [-0.1, -0.05) is 13.8 Å². The molecule has 0 saturated heterocycles. The largest absolute Gasteiger partial charge is 0.308 e. The van der Waals surface area contributed by atoms with E-state index in [4.69, 9.17) is 0 Å². The molecule has 0 spiro atoms. The van der Waals surface area contributed by atoms with Gasteiger partial charge in [-0.25, -0.2) is 0 Å². The molecule has 0 fully saturated rings. The number of ketones is 1. The summed E-state index contributed by atoms with van der Waals surface area (Å²) in [5, 5.41) is 6.03. The predicted octanol–water partition coefficient (Wildman–Crippen LogP) is 0.757. The third kappa shape index (κ3) is 3.83. The van der Waals surface area contributed by atoms with Crippen LogP contribution in [0.1, 0.15) is 27.2 Å². The zero-order valence-corrected chi connectivity index (χ0v) is 8.48. The van der Waals surface area contributed by atoms with Gasteiger partial charge < -0.3 is 5.32 Å². The minimum atomic E-state index is -0.0348. The molecule has 0 aromatic rings. The van der Waals surface area contributed by atoms with Gasteiger partial charge in [-0.3, -0.25) is 10.1 Å². The van der Waals surface area contributed by atoms with Crippen LogP contribution in [0.4, 0.5) is 0 Å². The molecule has 72 valence electrons. The number of hydrogen-bond acceptors (Lipinski definition) is 3. The second-order valence-corrected chi connectivity index (χ2v) is 3.17. The lowest BCUT2D eigenvalue weighted by molar-refractivity contribution is -0.124. The van der Waals surface area contributed by atoms with Gasteiger partial charge >= 0.3 is 0 Å². The molecule has 0 aromatic heterocycles. The Morgan fingerprint density at radius 1 is 1.42 bits per heavy atom. The Labute approximate surface area is 74.9 Å². The van der Waals surface area contributed by atoms with Crippen LogP contribution in [0.2, 0.25) is 0 Å². The van der Waals surface area contributed by atoms with Crippen LogP contribution in [-0.4, -0.2) is 25.5 Å². The van der Waals surface area contributed by atoms with E-state index in [0.717, 1.165) is 6.42 Å². The van der Waals surface area contributed by atoms with Crippen LogP contribution >= 0.6 is 0 Å². The molecule has 0 amide bonds. The van der Waals surface area contributed by atoms with E-state index in [0.29, 0.717) is 12.5 Å². The standard InChI is InChI=1S/C9H20N2O/c1-5-7(2)9(12)8(3)11-6-10-4/h7-8,10-11H,5-6H2,1-4H3/t7?,8-/m1/s1. The van der Waals surface area contributed by atoms with Crippen LogP contribution in [0.25, 0.3) is 0 Å². The molecular weight excluding hydrogens is 152 g/mol. The summed E-state index contributed by atoms with van der Waals surface area (Å²) < 4.78 is 0. The van der Waals surface area contributed by atoms with Gasteiger partial charge in [-0.2, -0.15) is 0 Å². The van der Waals surface area contributed by atoms with Crippen LogP contribution in [0.5, 0.6) is 0 Å². The summed E-state index contributed by atoms with van der Waals surface area (Å²) in [7, 11) is 1.85. The van der Waals surface area contributed by atoms with Crippen molar-refractivity contribution in [2.24, 2.45) is 5.92 Å². The summed E-state index contributed by atoms with van der Waals surface area (Å²) in [6, 6.07) is -0.0348. The van der Waals surface area contributed by atoms with Gasteiger partial charge in [0.2, 0.25) is 0 Å². The van der Waals surface area contributed by atoms with E-state index in [1.807, 2.05) is 27.8 Å². The van der Waals surface area contributed by atoms with Gasteiger partial charge in [0.15, 0.2) is 5.78 Å². The highest BCUT2D eigenvalue weighted by Crippen LogP contribution is 2.04. The molecule has 0 saturated carbocycles. The maximum atomic E-state index is 11.5. The average molecular weight is 172 g/mol. The first-order chi connectivity index (χ1) is 5.63. The van der Waals surface area contributed by atoms with Crippen LogP contribution in [0.15, 0.2) is 0 Å². The molecule has 0 aliphatic rings. The Morgan fingerprint density at radius 3 is 2.42 bits per heavy atom. The summed E-state index contributed by atoms with van der Waals surface area (Å²) >= 11 is 0. The quantitative estimate of drug-likeness (QED) is 0.581. The Bertz CT molecular complexity index is 136. The fourth-order valence-electron chi connectivity index (χ4n) is 0.984.